The number of benzene rings is 2. The van der Waals surface area contributed by atoms with Crippen LogP contribution in [0, 0.1) is 6.92 Å². The van der Waals surface area contributed by atoms with Crippen LogP contribution in [0.15, 0.2) is 42.5 Å². The summed E-state index contributed by atoms with van der Waals surface area (Å²) in [7, 11) is 0. The SMILES string of the molecule is Cc1cccc2nc(-c3ccccc3O)nc(N3CCCC3)c12. The third kappa shape index (κ3) is 2.40. The first-order valence-electron chi connectivity index (χ1n) is 8.05. The molecule has 0 unspecified atom stereocenters. The standard InChI is InChI=1S/C19H19N3O/c1-13-7-6-9-15-17(13)19(22-11-4-5-12-22)21-18(20-15)14-8-2-3-10-16(14)23/h2-3,6-10,23H,4-5,11-12H2,1H3. The van der Waals surface area contributed by atoms with E-state index in [0.717, 1.165) is 29.8 Å². The van der Waals surface area contributed by atoms with Gasteiger partial charge in [-0.15, -0.1) is 0 Å². The molecule has 1 N–H and O–H groups in total. The summed E-state index contributed by atoms with van der Waals surface area (Å²) in [5.41, 5.74) is 2.80. The number of phenolic OH excluding ortho intramolecular Hbond substituents is 1. The van der Waals surface area contributed by atoms with Crippen molar-refractivity contribution in [2.24, 2.45) is 0 Å². The number of anilines is 1. The number of hydrogen-bond acceptors (Lipinski definition) is 4. The Bertz CT molecular complexity index is 870. The Kier molecular flexibility index (Phi) is 3.37. The molecular weight excluding hydrogens is 286 g/mol. The highest BCUT2D eigenvalue weighted by Crippen LogP contribution is 2.34. The highest BCUT2D eigenvalue weighted by Gasteiger charge is 2.20. The van der Waals surface area contributed by atoms with Gasteiger partial charge in [0.2, 0.25) is 0 Å². The van der Waals surface area contributed by atoms with Gasteiger partial charge < -0.3 is 10.0 Å². The fourth-order valence-corrected chi connectivity index (χ4v) is 3.27. The van der Waals surface area contributed by atoms with Crippen LogP contribution in [0.3, 0.4) is 0 Å². The van der Waals surface area contributed by atoms with Crippen LogP contribution in [0.2, 0.25) is 0 Å². The second-order valence-corrected chi connectivity index (χ2v) is 6.05. The molecule has 4 heteroatoms. The van der Waals surface area contributed by atoms with Gasteiger partial charge in [0.25, 0.3) is 0 Å². The largest absolute Gasteiger partial charge is 0.507 e. The Labute approximate surface area is 135 Å². The van der Waals surface area contributed by atoms with Crippen molar-refractivity contribution in [3.05, 3.63) is 48.0 Å². The van der Waals surface area contributed by atoms with Gasteiger partial charge in [-0.05, 0) is 43.5 Å². The van der Waals surface area contributed by atoms with Gasteiger partial charge >= 0.3 is 0 Å². The zero-order valence-corrected chi connectivity index (χ0v) is 13.2. The molecule has 0 spiro atoms. The third-order valence-electron chi connectivity index (χ3n) is 4.46. The lowest BCUT2D eigenvalue weighted by atomic mass is 10.1. The average molecular weight is 305 g/mol. The molecule has 0 amide bonds. The summed E-state index contributed by atoms with van der Waals surface area (Å²) in [5, 5.41) is 11.3. The predicted octanol–water partition coefficient (Wildman–Crippen LogP) is 3.91. The van der Waals surface area contributed by atoms with E-state index in [2.05, 4.69) is 17.9 Å². The molecule has 3 aromatic rings. The number of para-hydroxylation sites is 1. The van der Waals surface area contributed by atoms with Crippen LogP contribution in [0.25, 0.3) is 22.3 Å². The number of fused-ring (bicyclic) bond motifs is 1. The summed E-state index contributed by atoms with van der Waals surface area (Å²) in [4.78, 5) is 11.9. The van der Waals surface area contributed by atoms with E-state index in [1.807, 2.05) is 30.3 Å². The maximum absolute atomic E-state index is 10.2. The molecule has 116 valence electrons. The zero-order valence-electron chi connectivity index (χ0n) is 13.2. The summed E-state index contributed by atoms with van der Waals surface area (Å²) in [5.74, 6) is 1.79. The van der Waals surface area contributed by atoms with E-state index in [9.17, 15) is 5.11 Å². The summed E-state index contributed by atoms with van der Waals surface area (Å²) in [6.45, 7) is 4.16. The number of phenols is 1. The molecule has 1 aliphatic heterocycles. The highest BCUT2D eigenvalue weighted by molar-refractivity contribution is 5.94. The molecule has 0 bridgehead atoms. The number of nitrogens with zero attached hydrogens (tertiary/aromatic N) is 3. The first kappa shape index (κ1) is 14.0. The molecule has 4 nitrogen and oxygen atoms in total. The van der Waals surface area contributed by atoms with Crippen molar-refractivity contribution in [2.45, 2.75) is 19.8 Å². The van der Waals surface area contributed by atoms with Crippen molar-refractivity contribution < 1.29 is 5.11 Å². The smallest absolute Gasteiger partial charge is 0.165 e. The minimum atomic E-state index is 0.215. The molecule has 0 atom stereocenters. The fourth-order valence-electron chi connectivity index (χ4n) is 3.27. The molecule has 0 aliphatic carbocycles. The lowest BCUT2D eigenvalue weighted by Crippen LogP contribution is -2.20. The lowest BCUT2D eigenvalue weighted by molar-refractivity contribution is 0.477. The van der Waals surface area contributed by atoms with Crippen LogP contribution in [0.4, 0.5) is 5.82 Å². The quantitative estimate of drug-likeness (QED) is 0.780. The summed E-state index contributed by atoms with van der Waals surface area (Å²) < 4.78 is 0. The minimum Gasteiger partial charge on any atom is -0.507 e. The monoisotopic (exact) mass is 305 g/mol. The van der Waals surface area contributed by atoms with E-state index < -0.39 is 0 Å². The molecule has 0 radical (unpaired) electrons. The number of aryl methyl sites for hydroxylation is 1. The zero-order chi connectivity index (χ0) is 15.8. The number of hydrogen-bond donors (Lipinski definition) is 1. The third-order valence-corrected chi connectivity index (χ3v) is 4.46. The van der Waals surface area contributed by atoms with Gasteiger partial charge in [0, 0.05) is 18.5 Å². The molecule has 2 aromatic carbocycles. The molecule has 1 aliphatic rings. The van der Waals surface area contributed by atoms with E-state index in [0.29, 0.717) is 11.4 Å². The number of aromatic nitrogens is 2. The van der Waals surface area contributed by atoms with Gasteiger partial charge in [0.1, 0.15) is 11.6 Å². The predicted molar refractivity (Wildman–Crippen MR) is 92.8 cm³/mol. The molecule has 0 saturated carbocycles. The van der Waals surface area contributed by atoms with Gasteiger partial charge in [0.05, 0.1) is 11.1 Å². The highest BCUT2D eigenvalue weighted by atomic mass is 16.3. The Hall–Kier alpha value is -2.62. The average Bonchev–Trinajstić information content (AvgIpc) is 3.09. The second kappa shape index (κ2) is 5.54. The van der Waals surface area contributed by atoms with Gasteiger partial charge in [-0.25, -0.2) is 9.97 Å². The normalized spacial score (nSPS) is 14.6. The molecule has 2 heterocycles. The van der Waals surface area contributed by atoms with E-state index in [-0.39, 0.29) is 5.75 Å². The van der Waals surface area contributed by atoms with Crippen LogP contribution in [-0.2, 0) is 0 Å². The maximum atomic E-state index is 10.2. The Morgan fingerprint density at radius 3 is 2.52 bits per heavy atom. The molecule has 1 aromatic heterocycles. The van der Waals surface area contributed by atoms with Crippen molar-refractivity contribution >= 4 is 16.7 Å². The molecule has 1 saturated heterocycles. The van der Waals surface area contributed by atoms with Gasteiger partial charge in [-0.2, -0.15) is 0 Å². The van der Waals surface area contributed by atoms with Gasteiger partial charge in [0.15, 0.2) is 5.82 Å². The van der Waals surface area contributed by atoms with E-state index in [4.69, 9.17) is 9.97 Å². The van der Waals surface area contributed by atoms with Gasteiger partial charge in [-0.1, -0.05) is 24.3 Å². The van der Waals surface area contributed by atoms with Crippen LogP contribution < -0.4 is 4.90 Å². The minimum absolute atomic E-state index is 0.215. The first-order chi connectivity index (χ1) is 11.2. The maximum Gasteiger partial charge on any atom is 0.165 e. The first-order valence-corrected chi connectivity index (χ1v) is 8.05. The Morgan fingerprint density at radius 1 is 0.957 bits per heavy atom. The molecule has 23 heavy (non-hydrogen) atoms. The van der Waals surface area contributed by atoms with Crippen LogP contribution in [0.1, 0.15) is 18.4 Å². The summed E-state index contributed by atoms with van der Waals surface area (Å²) in [6, 6.07) is 13.4. The van der Waals surface area contributed by atoms with Crippen molar-refractivity contribution in [2.75, 3.05) is 18.0 Å². The number of aromatic hydroxyl groups is 1. The molecular formula is C19H19N3O. The fraction of sp³-hybridized carbons (Fsp3) is 0.263. The van der Waals surface area contributed by atoms with Crippen molar-refractivity contribution in [3.8, 4) is 17.1 Å². The Balaban J connectivity index is 1.99. The lowest BCUT2D eigenvalue weighted by Gasteiger charge is -2.20. The van der Waals surface area contributed by atoms with E-state index in [1.54, 1.807) is 6.07 Å². The summed E-state index contributed by atoms with van der Waals surface area (Å²) in [6.07, 6.45) is 2.40. The summed E-state index contributed by atoms with van der Waals surface area (Å²) >= 11 is 0. The molecule has 1 fully saturated rings. The van der Waals surface area contributed by atoms with Crippen molar-refractivity contribution in [1.29, 1.82) is 0 Å². The van der Waals surface area contributed by atoms with Crippen molar-refractivity contribution in [3.63, 3.8) is 0 Å². The van der Waals surface area contributed by atoms with Crippen LogP contribution >= 0.6 is 0 Å². The molecule has 4 rings (SSSR count). The van der Waals surface area contributed by atoms with E-state index in [1.165, 1.54) is 18.4 Å². The van der Waals surface area contributed by atoms with Crippen LogP contribution in [0.5, 0.6) is 5.75 Å². The van der Waals surface area contributed by atoms with Crippen LogP contribution in [-0.4, -0.2) is 28.2 Å². The van der Waals surface area contributed by atoms with Crippen molar-refractivity contribution in [1.82, 2.24) is 9.97 Å². The van der Waals surface area contributed by atoms with Gasteiger partial charge in [-0.3, -0.25) is 0 Å². The number of rotatable bonds is 2. The topological polar surface area (TPSA) is 49.3 Å². The second-order valence-electron chi connectivity index (χ2n) is 6.05. The van der Waals surface area contributed by atoms with E-state index >= 15 is 0 Å². The Morgan fingerprint density at radius 2 is 1.74 bits per heavy atom.